The summed E-state index contributed by atoms with van der Waals surface area (Å²) in [7, 11) is 0. The van der Waals surface area contributed by atoms with Gasteiger partial charge in [-0.25, -0.2) is 0 Å². The predicted octanol–water partition coefficient (Wildman–Crippen LogP) is 2.62. The van der Waals surface area contributed by atoms with Crippen molar-refractivity contribution in [2.24, 2.45) is 5.41 Å². The highest BCUT2D eigenvalue weighted by Gasteiger charge is 2.41. The van der Waals surface area contributed by atoms with Gasteiger partial charge in [-0.15, -0.1) is 0 Å². The standard InChI is InChI=1S/C13H18O/c1-10-5-11(2)7-12(6-10)8-13(9-14)3-4-13/h5-7,14H,3-4,8-9H2,1-2H3. The van der Waals surface area contributed by atoms with Crippen molar-refractivity contribution >= 4 is 0 Å². The lowest BCUT2D eigenvalue weighted by Crippen LogP contribution is -2.10. The van der Waals surface area contributed by atoms with E-state index < -0.39 is 0 Å². The molecule has 1 nitrogen and oxygen atoms in total. The second-order valence-corrected chi connectivity index (χ2v) is 4.83. The van der Waals surface area contributed by atoms with Gasteiger partial charge in [0.25, 0.3) is 0 Å². The van der Waals surface area contributed by atoms with E-state index in [0.717, 1.165) is 6.42 Å². The Morgan fingerprint density at radius 1 is 1.14 bits per heavy atom. The molecule has 0 aliphatic heterocycles. The molecule has 2 rings (SSSR count). The first-order valence-corrected chi connectivity index (χ1v) is 5.32. The fourth-order valence-electron chi connectivity index (χ4n) is 2.17. The third kappa shape index (κ3) is 1.98. The van der Waals surface area contributed by atoms with Crippen LogP contribution in [0.15, 0.2) is 18.2 Å². The molecule has 1 heteroatoms. The summed E-state index contributed by atoms with van der Waals surface area (Å²) < 4.78 is 0. The van der Waals surface area contributed by atoms with Crippen LogP contribution in [0.25, 0.3) is 0 Å². The van der Waals surface area contributed by atoms with E-state index in [9.17, 15) is 5.11 Å². The van der Waals surface area contributed by atoms with Gasteiger partial charge in [-0.2, -0.15) is 0 Å². The van der Waals surface area contributed by atoms with E-state index in [1.54, 1.807) is 0 Å². The zero-order valence-corrected chi connectivity index (χ0v) is 9.01. The highest BCUT2D eigenvalue weighted by Crippen LogP contribution is 2.47. The molecule has 0 amide bonds. The molecule has 0 bridgehead atoms. The number of aliphatic hydroxyl groups excluding tert-OH is 1. The second-order valence-electron chi connectivity index (χ2n) is 4.83. The smallest absolute Gasteiger partial charge is 0.0490 e. The van der Waals surface area contributed by atoms with Gasteiger partial charge in [0.05, 0.1) is 0 Å². The Labute approximate surface area is 85.8 Å². The molecule has 0 radical (unpaired) electrons. The van der Waals surface area contributed by atoms with Gasteiger partial charge in [0.1, 0.15) is 0 Å². The molecule has 1 saturated carbocycles. The van der Waals surface area contributed by atoms with E-state index in [0.29, 0.717) is 6.61 Å². The summed E-state index contributed by atoms with van der Waals surface area (Å²) in [6.45, 7) is 4.62. The maximum absolute atomic E-state index is 9.26. The van der Waals surface area contributed by atoms with Crippen LogP contribution in [0.2, 0.25) is 0 Å². The molecular weight excluding hydrogens is 172 g/mol. The first kappa shape index (κ1) is 9.72. The topological polar surface area (TPSA) is 20.2 Å². The minimum absolute atomic E-state index is 0.236. The number of aliphatic hydroxyl groups is 1. The van der Waals surface area contributed by atoms with E-state index in [-0.39, 0.29) is 5.41 Å². The Hall–Kier alpha value is -0.820. The molecule has 0 heterocycles. The zero-order valence-electron chi connectivity index (χ0n) is 9.01. The van der Waals surface area contributed by atoms with Crippen LogP contribution in [0.4, 0.5) is 0 Å². The Bertz CT molecular complexity index is 317. The lowest BCUT2D eigenvalue weighted by Gasteiger charge is -2.12. The lowest BCUT2D eigenvalue weighted by atomic mass is 9.95. The summed E-state index contributed by atoms with van der Waals surface area (Å²) in [5, 5.41) is 9.26. The number of hydrogen-bond acceptors (Lipinski definition) is 1. The van der Waals surface area contributed by atoms with Crippen molar-refractivity contribution in [2.45, 2.75) is 33.1 Å². The summed E-state index contributed by atoms with van der Waals surface area (Å²) in [5.74, 6) is 0. The summed E-state index contributed by atoms with van der Waals surface area (Å²) >= 11 is 0. The molecule has 1 aliphatic carbocycles. The molecule has 0 saturated heterocycles. The SMILES string of the molecule is Cc1cc(C)cc(CC2(CO)CC2)c1. The molecule has 1 aromatic rings. The Morgan fingerprint density at radius 3 is 2.14 bits per heavy atom. The highest BCUT2D eigenvalue weighted by molar-refractivity contribution is 5.30. The van der Waals surface area contributed by atoms with Crippen LogP contribution in [0, 0.1) is 19.3 Å². The third-order valence-electron chi connectivity index (χ3n) is 3.15. The van der Waals surface area contributed by atoms with Gasteiger partial charge < -0.3 is 5.11 Å². The molecule has 0 aromatic heterocycles. The van der Waals surface area contributed by atoms with Gasteiger partial charge in [0.15, 0.2) is 0 Å². The summed E-state index contributed by atoms with van der Waals surface area (Å²) in [6, 6.07) is 6.67. The maximum atomic E-state index is 9.26. The maximum Gasteiger partial charge on any atom is 0.0490 e. The van der Waals surface area contributed by atoms with E-state index in [4.69, 9.17) is 0 Å². The van der Waals surface area contributed by atoms with Gasteiger partial charge in [0.2, 0.25) is 0 Å². The van der Waals surface area contributed by atoms with Crippen molar-refractivity contribution < 1.29 is 5.11 Å². The molecule has 14 heavy (non-hydrogen) atoms. The zero-order chi connectivity index (χ0) is 10.2. The first-order valence-electron chi connectivity index (χ1n) is 5.32. The molecule has 1 aromatic carbocycles. The van der Waals surface area contributed by atoms with Crippen LogP contribution in [0.3, 0.4) is 0 Å². The minimum atomic E-state index is 0.236. The van der Waals surface area contributed by atoms with Gasteiger partial charge in [0, 0.05) is 6.61 Å². The van der Waals surface area contributed by atoms with Crippen LogP contribution < -0.4 is 0 Å². The molecule has 1 aliphatic rings. The van der Waals surface area contributed by atoms with Crippen LogP contribution in [0.1, 0.15) is 29.5 Å². The largest absolute Gasteiger partial charge is 0.396 e. The number of rotatable bonds is 3. The molecule has 1 N–H and O–H groups in total. The molecule has 0 unspecified atom stereocenters. The van der Waals surface area contributed by atoms with Crippen molar-refractivity contribution in [1.29, 1.82) is 0 Å². The van der Waals surface area contributed by atoms with Crippen molar-refractivity contribution in [3.63, 3.8) is 0 Å². The van der Waals surface area contributed by atoms with Gasteiger partial charge in [-0.05, 0) is 44.1 Å². The molecule has 0 atom stereocenters. The minimum Gasteiger partial charge on any atom is -0.396 e. The van der Waals surface area contributed by atoms with E-state index in [2.05, 4.69) is 32.0 Å². The second kappa shape index (κ2) is 3.39. The van der Waals surface area contributed by atoms with Gasteiger partial charge in [-0.3, -0.25) is 0 Å². The fraction of sp³-hybridized carbons (Fsp3) is 0.538. The Balaban J connectivity index is 2.16. The van der Waals surface area contributed by atoms with Crippen LogP contribution >= 0.6 is 0 Å². The van der Waals surface area contributed by atoms with Crippen molar-refractivity contribution in [2.75, 3.05) is 6.61 Å². The normalized spacial score (nSPS) is 18.2. The summed E-state index contributed by atoms with van der Waals surface area (Å²) in [4.78, 5) is 0. The predicted molar refractivity (Wildman–Crippen MR) is 58.4 cm³/mol. The van der Waals surface area contributed by atoms with E-state index in [1.807, 2.05) is 0 Å². The number of benzene rings is 1. The van der Waals surface area contributed by atoms with Crippen LogP contribution in [0.5, 0.6) is 0 Å². The summed E-state index contributed by atoms with van der Waals surface area (Å²) in [6.07, 6.45) is 3.43. The Kier molecular flexibility index (Phi) is 2.36. The molecule has 76 valence electrons. The van der Waals surface area contributed by atoms with Gasteiger partial charge in [-0.1, -0.05) is 29.3 Å². The lowest BCUT2D eigenvalue weighted by molar-refractivity contribution is 0.211. The van der Waals surface area contributed by atoms with Crippen molar-refractivity contribution in [3.05, 3.63) is 34.9 Å². The van der Waals surface area contributed by atoms with Crippen LogP contribution in [-0.2, 0) is 6.42 Å². The van der Waals surface area contributed by atoms with Crippen molar-refractivity contribution in [3.8, 4) is 0 Å². The monoisotopic (exact) mass is 190 g/mol. The molecule has 1 fully saturated rings. The third-order valence-corrected chi connectivity index (χ3v) is 3.15. The summed E-state index contributed by atoms with van der Waals surface area (Å²) in [5.41, 5.74) is 4.27. The van der Waals surface area contributed by atoms with E-state index >= 15 is 0 Å². The first-order chi connectivity index (χ1) is 6.63. The fourth-order valence-corrected chi connectivity index (χ4v) is 2.17. The Morgan fingerprint density at radius 2 is 1.71 bits per heavy atom. The molecule has 0 spiro atoms. The molecular formula is C13H18O. The van der Waals surface area contributed by atoms with Gasteiger partial charge >= 0.3 is 0 Å². The van der Waals surface area contributed by atoms with Crippen molar-refractivity contribution in [1.82, 2.24) is 0 Å². The average molecular weight is 190 g/mol. The average Bonchev–Trinajstić information content (AvgIpc) is 2.83. The van der Waals surface area contributed by atoms with Crippen LogP contribution in [-0.4, -0.2) is 11.7 Å². The number of aryl methyl sites for hydroxylation is 2. The van der Waals surface area contributed by atoms with E-state index in [1.165, 1.54) is 29.5 Å². The number of hydrogen-bond donors (Lipinski definition) is 1. The quantitative estimate of drug-likeness (QED) is 0.776. The highest BCUT2D eigenvalue weighted by atomic mass is 16.3.